The number of rotatable bonds is 7. The molecule has 3 atom stereocenters. The van der Waals surface area contributed by atoms with Gasteiger partial charge < -0.3 is 15.3 Å². The Morgan fingerprint density at radius 1 is 1.42 bits per heavy atom. The van der Waals surface area contributed by atoms with Crippen molar-refractivity contribution in [3.63, 3.8) is 0 Å². The molecule has 2 amide bonds. The monoisotopic (exact) mass is 332 g/mol. The van der Waals surface area contributed by atoms with Gasteiger partial charge in [0.1, 0.15) is 5.60 Å². The van der Waals surface area contributed by atoms with E-state index in [0.29, 0.717) is 6.54 Å². The Kier molecular flexibility index (Phi) is 5.99. The molecule has 5 nitrogen and oxygen atoms in total. The fraction of sp³-hybridized carbons (Fsp3) is 0.579. The van der Waals surface area contributed by atoms with E-state index in [0.717, 1.165) is 18.4 Å². The van der Waals surface area contributed by atoms with Crippen molar-refractivity contribution in [2.45, 2.75) is 51.7 Å². The van der Waals surface area contributed by atoms with Crippen LogP contribution in [0.1, 0.15) is 45.6 Å². The number of likely N-dealkylation sites (tertiary alicyclic amines) is 1. The molecule has 3 unspecified atom stereocenters. The summed E-state index contributed by atoms with van der Waals surface area (Å²) >= 11 is 0. The molecule has 0 saturated carbocycles. The number of benzene rings is 1. The zero-order valence-electron chi connectivity index (χ0n) is 14.8. The Morgan fingerprint density at radius 3 is 2.71 bits per heavy atom. The molecular formula is C19H28N2O3. The number of aliphatic hydroxyl groups is 1. The van der Waals surface area contributed by atoms with Gasteiger partial charge in [-0.05, 0) is 25.8 Å². The predicted octanol–water partition coefficient (Wildman–Crippen LogP) is 2.05. The first-order chi connectivity index (χ1) is 11.3. The molecule has 1 saturated heterocycles. The summed E-state index contributed by atoms with van der Waals surface area (Å²) in [5.74, 6) is -0.444. The SMILES string of the molecule is CCCC(C)N1CC(C(=O)NCC(C)(O)c2ccccc2)CC1=O. The molecule has 132 valence electrons. The van der Waals surface area contributed by atoms with Gasteiger partial charge in [0.2, 0.25) is 11.8 Å². The predicted molar refractivity (Wildman–Crippen MR) is 93.2 cm³/mol. The molecule has 1 aromatic rings. The Hall–Kier alpha value is -1.88. The van der Waals surface area contributed by atoms with Crippen LogP contribution in [-0.4, -0.2) is 41.0 Å². The molecular weight excluding hydrogens is 304 g/mol. The van der Waals surface area contributed by atoms with Crippen LogP contribution in [0.25, 0.3) is 0 Å². The van der Waals surface area contributed by atoms with Gasteiger partial charge in [0.05, 0.1) is 12.5 Å². The second-order valence-corrected chi connectivity index (χ2v) is 6.94. The van der Waals surface area contributed by atoms with Crippen molar-refractivity contribution < 1.29 is 14.7 Å². The van der Waals surface area contributed by atoms with Gasteiger partial charge in [0.25, 0.3) is 0 Å². The van der Waals surface area contributed by atoms with Gasteiger partial charge in [0, 0.05) is 19.0 Å². The van der Waals surface area contributed by atoms with E-state index in [4.69, 9.17) is 0 Å². The lowest BCUT2D eigenvalue weighted by Crippen LogP contribution is -2.42. The Bertz CT molecular complexity index is 571. The summed E-state index contributed by atoms with van der Waals surface area (Å²) in [5.41, 5.74) is -0.375. The van der Waals surface area contributed by atoms with Crippen LogP contribution in [0.4, 0.5) is 0 Å². The van der Waals surface area contributed by atoms with Gasteiger partial charge in [-0.25, -0.2) is 0 Å². The van der Waals surface area contributed by atoms with E-state index in [-0.39, 0.29) is 36.7 Å². The maximum absolute atomic E-state index is 12.4. The van der Waals surface area contributed by atoms with E-state index in [9.17, 15) is 14.7 Å². The first-order valence-electron chi connectivity index (χ1n) is 8.70. The number of carbonyl (C=O) groups excluding carboxylic acids is 2. The molecule has 0 aromatic heterocycles. The van der Waals surface area contributed by atoms with Crippen LogP contribution in [0.2, 0.25) is 0 Å². The number of hydrogen-bond acceptors (Lipinski definition) is 3. The zero-order valence-corrected chi connectivity index (χ0v) is 14.8. The smallest absolute Gasteiger partial charge is 0.225 e. The third-order valence-corrected chi connectivity index (χ3v) is 4.77. The second kappa shape index (κ2) is 7.79. The highest BCUT2D eigenvalue weighted by Gasteiger charge is 2.37. The molecule has 5 heteroatoms. The summed E-state index contributed by atoms with van der Waals surface area (Å²) < 4.78 is 0. The van der Waals surface area contributed by atoms with Crippen molar-refractivity contribution in [3.05, 3.63) is 35.9 Å². The average molecular weight is 332 g/mol. The Balaban J connectivity index is 1.90. The summed E-state index contributed by atoms with van der Waals surface area (Å²) in [6.45, 7) is 6.40. The maximum atomic E-state index is 12.4. The second-order valence-electron chi connectivity index (χ2n) is 6.94. The van der Waals surface area contributed by atoms with Crippen LogP contribution in [0.15, 0.2) is 30.3 Å². The lowest BCUT2D eigenvalue weighted by molar-refractivity contribution is -0.130. The van der Waals surface area contributed by atoms with E-state index < -0.39 is 5.60 Å². The summed E-state index contributed by atoms with van der Waals surface area (Å²) in [7, 11) is 0. The summed E-state index contributed by atoms with van der Waals surface area (Å²) in [6.07, 6.45) is 2.22. The van der Waals surface area contributed by atoms with Crippen LogP contribution in [0.3, 0.4) is 0 Å². The minimum atomic E-state index is -1.13. The molecule has 1 aliphatic rings. The molecule has 1 heterocycles. The van der Waals surface area contributed by atoms with E-state index in [1.165, 1.54) is 0 Å². The van der Waals surface area contributed by atoms with E-state index in [1.807, 2.05) is 42.2 Å². The summed E-state index contributed by atoms with van der Waals surface area (Å²) in [6, 6.07) is 9.43. The Labute approximate surface area is 144 Å². The van der Waals surface area contributed by atoms with Gasteiger partial charge >= 0.3 is 0 Å². The zero-order chi connectivity index (χ0) is 17.7. The van der Waals surface area contributed by atoms with Crippen LogP contribution < -0.4 is 5.32 Å². The van der Waals surface area contributed by atoms with Gasteiger partial charge in [0.15, 0.2) is 0 Å². The third-order valence-electron chi connectivity index (χ3n) is 4.77. The lowest BCUT2D eigenvalue weighted by Gasteiger charge is -2.26. The van der Waals surface area contributed by atoms with Crippen molar-refractivity contribution in [2.24, 2.45) is 5.92 Å². The highest BCUT2D eigenvalue weighted by atomic mass is 16.3. The van der Waals surface area contributed by atoms with Gasteiger partial charge in [-0.1, -0.05) is 43.7 Å². The molecule has 1 aliphatic heterocycles. The van der Waals surface area contributed by atoms with Gasteiger partial charge in [-0.3, -0.25) is 9.59 Å². The molecule has 1 aromatic carbocycles. The topological polar surface area (TPSA) is 69.6 Å². The Morgan fingerprint density at radius 2 is 2.08 bits per heavy atom. The quantitative estimate of drug-likeness (QED) is 0.803. The van der Waals surface area contributed by atoms with Crippen LogP contribution in [0, 0.1) is 5.92 Å². The lowest BCUT2D eigenvalue weighted by atomic mass is 9.95. The van der Waals surface area contributed by atoms with Crippen LogP contribution in [0.5, 0.6) is 0 Å². The number of nitrogens with one attached hydrogen (secondary N) is 1. The summed E-state index contributed by atoms with van der Waals surface area (Å²) in [5, 5.41) is 13.4. The number of hydrogen-bond donors (Lipinski definition) is 2. The fourth-order valence-electron chi connectivity index (χ4n) is 3.21. The van der Waals surface area contributed by atoms with E-state index in [2.05, 4.69) is 12.2 Å². The van der Waals surface area contributed by atoms with E-state index in [1.54, 1.807) is 6.92 Å². The maximum Gasteiger partial charge on any atom is 0.225 e. The number of nitrogens with zero attached hydrogens (tertiary/aromatic N) is 1. The first-order valence-corrected chi connectivity index (χ1v) is 8.70. The van der Waals surface area contributed by atoms with Crippen molar-refractivity contribution >= 4 is 11.8 Å². The third kappa shape index (κ3) is 4.35. The van der Waals surface area contributed by atoms with Crippen molar-refractivity contribution in [1.29, 1.82) is 0 Å². The fourth-order valence-corrected chi connectivity index (χ4v) is 3.21. The van der Waals surface area contributed by atoms with Crippen molar-refractivity contribution in [2.75, 3.05) is 13.1 Å². The van der Waals surface area contributed by atoms with Crippen molar-refractivity contribution in [1.82, 2.24) is 10.2 Å². The molecule has 0 bridgehead atoms. The molecule has 0 aliphatic carbocycles. The molecule has 0 spiro atoms. The molecule has 2 rings (SSSR count). The normalized spacial score (nSPS) is 21.4. The highest BCUT2D eigenvalue weighted by Crippen LogP contribution is 2.23. The van der Waals surface area contributed by atoms with Gasteiger partial charge in [-0.15, -0.1) is 0 Å². The molecule has 1 fully saturated rings. The number of carbonyl (C=O) groups is 2. The molecule has 24 heavy (non-hydrogen) atoms. The number of amides is 2. The van der Waals surface area contributed by atoms with Crippen molar-refractivity contribution in [3.8, 4) is 0 Å². The molecule has 0 radical (unpaired) electrons. The largest absolute Gasteiger partial charge is 0.384 e. The standard InChI is InChI=1S/C19H28N2O3/c1-4-8-14(2)21-12-15(11-17(21)22)18(23)20-13-19(3,24)16-9-6-5-7-10-16/h5-7,9-10,14-15,24H,4,8,11-13H2,1-3H3,(H,20,23). The highest BCUT2D eigenvalue weighted by molar-refractivity contribution is 5.89. The average Bonchev–Trinajstić information content (AvgIpc) is 2.96. The summed E-state index contributed by atoms with van der Waals surface area (Å²) in [4.78, 5) is 26.3. The molecule has 2 N–H and O–H groups in total. The van der Waals surface area contributed by atoms with Crippen LogP contribution in [-0.2, 0) is 15.2 Å². The van der Waals surface area contributed by atoms with E-state index >= 15 is 0 Å². The minimum Gasteiger partial charge on any atom is -0.384 e. The van der Waals surface area contributed by atoms with Gasteiger partial charge in [-0.2, -0.15) is 0 Å². The van der Waals surface area contributed by atoms with Crippen LogP contribution >= 0.6 is 0 Å². The minimum absolute atomic E-state index is 0.0471. The first kappa shape index (κ1) is 18.5.